The summed E-state index contributed by atoms with van der Waals surface area (Å²) in [4.78, 5) is 0. The van der Waals surface area contributed by atoms with E-state index in [1.54, 1.807) is 6.07 Å². The van der Waals surface area contributed by atoms with Gasteiger partial charge in [0.1, 0.15) is 5.75 Å². The second kappa shape index (κ2) is 4.57. The zero-order chi connectivity index (χ0) is 11.7. The largest absolute Gasteiger partial charge is 0.508 e. The molecule has 1 fully saturated rings. The minimum Gasteiger partial charge on any atom is -0.508 e. The van der Waals surface area contributed by atoms with Gasteiger partial charge in [-0.3, -0.25) is 0 Å². The number of hydrogen-bond acceptors (Lipinski definition) is 3. The lowest BCUT2D eigenvalue weighted by molar-refractivity contribution is 0.431. The number of benzene rings is 1. The van der Waals surface area contributed by atoms with Crippen LogP contribution in [0, 0.1) is 0 Å². The first-order valence-corrected chi connectivity index (χ1v) is 6.63. The Morgan fingerprint density at radius 2 is 2.00 bits per heavy atom. The average Bonchev–Trinajstić information content (AvgIpc) is 2.82. The standard InChI is InChI=1S/C14H20N2O/c17-13-6-5-10-7-12(9-15-14(10)8-13)16-11-3-1-2-4-11/h5-6,8,11-12,15-17H,1-4,7,9H2. The molecular formula is C14H20N2O. The van der Waals surface area contributed by atoms with Crippen molar-refractivity contribution in [3.05, 3.63) is 23.8 Å². The molecule has 1 heterocycles. The molecule has 0 aromatic heterocycles. The smallest absolute Gasteiger partial charge is 0.117 e. The summed E-state index contributed by atoms with van der Waals surface area (Å²) in [6.07, 6.45) is 6.49. The van der Waals surface area contributed by atoms with Crippen LogP contribution in [0.2, 0.25) is 0 Å². The quantitative estimate of drug-likeness (QED) is 0.733. The normalized spacial score (nSPS) is 24.4. The Bertz CT molecular complexity index is 399. The van der Waals surface area contributed by atoms with E-state index in [0.29, 0.717) is 11.8 Å². The molecule has 0 bridgehead atoms. The highest BCUT2D eigenvalue weighted by Gasteiger charge is 2.22. The van der Waals surface area contributed by atoms with Gasteiger partial charge in [0, 0.05) is 30.4 Å². The molecule has 3 nitrogen and oxygen atoms in total. The van der Waals surface area contributed by atoms with E-state index in [9.17, 15) is 5.11 Å². The second-order valence-electron chi connectivity index (χ2n) is 5.27. The van der Waals surface area contributed by atoms with Crippen molar-refractivity contribution in [3.63, 3.8) is 0 Å². The first kappa shape index (κ1) is 10.9. The molecule has 1 aromatic rings. The van der Waals surface area contributed by atoms with Crippen LogP contribution in [0.3, 0.4) is 0 Å². The van der Waals surface area contributed by atoms with E-state index in [1.165, 1.54) is 31.2 Å². The van der Waals surface area contributed by atoms with Crippen LogP contribution < -0.4 is 10.6 Å². The van der Waals surface area contributed by atoms with Gasteiger partial charge in [-0.2, -0.15) is 0 Å². The summed E-state index contributed by atoms with van der Waals surface area (Å²) in [5.74, 6) is 0.346. The molecule has 92 valence electrons. The van der Waals surface area contributed by atoms with Gasteiger partial charge in [0.05, 0.1) is 0 Å². The van der Waals surface area contributed by atoms with E-state index in [0.717, 1.165) is 24.7 Å². The zero-order valence-corrected chi connectivity index (χ0v) is 10.1. The molecule has 0 spiro atoms. The summed E-state index contributed by atoms with van der Waals surface area (Å²) in [5.41, 5.74) is 2.40. The van der Waals surface area contributed by atoms with Crippen LogP contribution in [-0.2, 0) is 6.42 Å². The van der Waals surface area contributed by atoms with Crippen molar-refractivity contribution in [2.75, 3.05) is 11.9 Å². The highest BCUT2D eigenvalue weighted by Crippen LogP contribution is 2.27. The number of anilines is 1. The number of nitrogens with one attached hydrogen (secondary N) is 2. The number of phenols is 1. The molecule has 0 radical (unpaired) electrons. The lowest BCUT2D eigenvalue weighted by atomic mass is 9.98. The van der Waals surface area contributed by atoms with E-state index >= 15 is 0 Å². The monoisotopic (exact) mass is 232 g/mol. The second-order valence-corrected chi connectivity index (χ2v) is 5.27. The van der Waals surface area contributed by atoms with E-state index in [2.05, 4.69) is 10.6 Å². The summed E-state index contributed by atoms with van der Waals surface area (Å²) < 4.78 is 0. The highest BCUT2D eigenvalue weighted by atomic mass is 16.3. The van der Waals surface area contributed by atoms with Gasteiger partial charge in [-0.15, -0.1) is 0 Å². The Labute approximate surface area is 102 Å². The lowest BCUT2D eigenvalue weighted by Crippen LogP contribution is -2.44. The van der Waals surface area contributed by atoms with E-state index in [-0.39, 0.29) is 0 Å². The highest BCUT2D eigenvalue weighted by molar-refractivity contribution is 5.57. The van der Waals surface area contributed by atoms with Gasteiger partial charge >= 0.3 is 0 Å². The van der Waals surface area contributed by atoms with Crippen molar-refractivity contribution in [1.82, 2.24) is 5.32 Å². The molecule has 0 amide bonds. The zero-order valence-electron chi connectivity index (χ0n) is 10.1. The molecule has 1 aliphatic carbocycles. The predicted molar refractivity (Wildman–Crippen MR) is 69.5 cm³/mol. The van der Waals surface area contributed by atoms with E-state index < -0.39 is 0 Å². The molecule has 3 heteroatoms. The molecule has 1 aromatic carbocycles. The molecule has 3 rings (SSSR count). The third-order valence-electron chi connectivity index (χ3n) is 3.93. The molecule has 0 saturated heterocycles. The van der Waals surface area contributed by atoms with Crippen LogP contribution in [0.15, 0.2) is 18.2 Å². The first-order valence-electron chi connectivity index (χ1n) is 6.63. The van der Waals surface area contributed by atoms with Crippen molar-refractivity contribution in [3.8, 4) is 5.75 Å². The first-order chi connectivity index (χ1) is 8.31. The molecule has 3 N–H and O–H groups in total. The Morgan fingerprint density at radius 1 is 1.18 bits per heavy atom. The summed E-state index contributed by atoms with van der Waals surface area (Å²) in [6, 6.07) is 6.88. The minimum atomic E-state index is 0.346. The number of aromatic hydroxyl groups is 1. The van der Waals surface area contributed by atoms with Crippen LogP contribution in [0.5, 0.6) is 5.75 Å². The maximum atomic E-state index is 9.43. The maximum absolute atomic E-state index is 9.43. The Morgan fingerprint density at radius 3 is 2.82 bits per heavy atom. The molecule has 1 atom stereocenters. The minimum absolute atomic E-state index is 0.346. The van der Waals surface area contributed by atoms with Gasteiger partial charge in [0.25, 0.3) is 0 Å². The predicted octanol–water partition coefficient (Wildman–Crippen LogP) is 2.26. The fraction of sp³-hybridized carbons (Fsp3) is 0.571. The molecule has 17 heavy (non-hydrogen) atoms. The summed E-state index contributed by atoms with van der Waals surface area (Å²) in [5, 5.41) is 16.6. The van der Waals surface area contributed by atoms with Gasteiger partial charge in [0.2, 0.25) is 0 Å². The maximum Gasteiger partial charge on any atom is 0.117 e. The van der Waals surface area contributed by atoms with Crippen molar-refractivity contribution in [2.24, 2.45) is 0 Å². The summed E-state index contributed by atoms with van der Waals surface area (Å²) in [7, 11) is 0. The van der Waals surface area contributed by atoms with Crippen LogP contribution in [0.4, 0.5) is 5.69 Å². The van der Waals surface area contributed by atoms with Gasteiger partial charge in [-0.25, -0.2) is 0 Å². The van der Waals surface area contributed by atoms with Crippen LogP contribution in [0.1, 0.15) is 31.2 Å². The van der Waals surface area contributed by atoms with Crippen molar-refractivity contribution in [1.29, 1.82) is 0 Å². The number of fused-ring (bicyclic) bond motifs is 1. The lowest BCUT2D eigenvalue weighted by Gasteiger charge is -2.29. The number of rotatable bonds is 2. The Balaban J connectivity index is 1.65. The summed E-state index contributed by atoms with van der Waals surface area (Å²) >= 11 is 0. The van der Waals surface area contributed by atoms with Crippen LogP contribution in [0.25, 0.3) is 0 Å². The van der Waals surface area contributed by atoms with Gasteiger partial charge < -0.3 is 15.7 Å². The average molecular weight is 232 g/mol. The van der Waals surface area contributed by atoms with E-state index in [1.807, 2.05) is 12.1 Å². The Hall–Kier alpha value is -1.22. The molecule has 1 aliphatic heterocycles. The SMILES string of the molecule is Oc1ccc2c(c1)NCC(NC1CCCC1)C2. The van der Waals surface area contributed by atoms with Crippen molar-refractivity contribution in [2.45, 2.75) is 44.2 Å². The number of hydrogen-bond donors (Lipinski definition) is 3. The van der Waals surface area contributed by atoms with Crippen LogP contribution >= 0.6 is 0 Å². The van der Waals surface area contributed by atoms with E-state index in [4.69, 9.17) is 0 Å². The molecule has 1 saturated carbocycles. The van der Waals surface area contributed by atoms with Gasteiger partial charge in [-0.1, -0.05) is 18.9 Å². The third-order valence-corrected chi connectivity index (χ3v) is 3.93. The molecular weight excluding hydrogens is 212 g/mol. The summed E-state index contributed by atoms with van der Waals surface area (Å²) in [6.45, 7) is 0.965. The van der Waals surface area contributed by atoms with Gasteiger partial charge in [0.15, 0.2) is 0 Å². The molecule has 2 aliphatic rings. The van der Waals surface area contributed by atoms with Crippen molar-refractivity contribution >= 4 is 5.69 Å². The topological polar surface area (TPSA) is 44.3 Å². The Kier molecular flexibility index (Phi) is 2.93. The fourth-order valence-electron chi connectivity index (χ4n) is 3.02. The van der Waals surface area contributed by atoms with Crippen molar-refractivity contribution < 1.29 is 5.11 Å². The van der Waals surface area contributed by atoms with Crippen LogP contribution in [-0.4, -0.2) is 23.7 Å². The molecule has 1 unspecified atom stereocenters. The fourth-order valence-corrected chi connectivity index (χ4v) is 3.02. The van der Waals surface area contributed by atoms with Gasteiger partial charge in [-0.05, 0) is 30.9 Å². The third kappa shape index (κ3) is 2.39. The number of phenolic OH excluding ortho intramolecular Hbond substituents is 1.